The molecule has 0 radical (unpaired) electrons. The van der Waals surface area contributed by atoms with Crippen LogP contribution in [0, 0.1) is 6.92 Å². The lowest BCUT2D eigenvalue weighted by molar-refractivity contribution is 1.24. The number of fused-ring (bicyclic) bond motifs is 1. The molecule has 2 aromatic rings. The SMILES string of the molecule is Cc1nccc2cc(Cl)ccc12. The number of hydrogen-bond acceptors (Lipinski definition) is 1. The molecular formula is C10H8ClN. The van der Waals surface area contributed by atoms with Crippen molar-refractivity contribution in [3.05, 3.63) is 41.2 Å². The van der Waals surface area contributed by atoms with Gasteiger partial charge >= 0.3 is 0 Å². The summed E-state index contributed by atoms with van der Waals surface area (Å²) in [4.78, 5) is 4.19. The Bertz CT molecular complexity index is 423. The molecule has 0 unspecified atom stereocenters. The van der Waals surface area contributed by atoms with Gasteiger partial charge in [0, 0.05) is 22.3 Å². The second-order valence-corrected chi connectivity index (χ2v) is 3.20. The van der Waals surface area contributed by atoms with E-state index >= 15 is 0 Å². The van der Waals surface area contributed by atoms with Gasteiger partial charge in [-0.1, -0.05) is 17.7 Å². The van der Waals surface area contributed by atoms with Crippen molar-refractivity contribution in [3.8, 4) is 0 Å². The molecule has 0 amide bonds. The number of halogens is 1. The minimum Gasteiger partial charge on any atom is -0.261 e. The van der Waals surface area contributed by atoms with Crippen LogP contribution in [0.25, 0.3) is 10.8 Å². The molecule has 0 saturated carbocycles. The molecule has 0 spiro atoms. The van der Waals surface area contributed by atoms with Crippen molar-refractivity contribution in [2.24, 2.45) is 0 Å². The minimum absolute atomic E-state index is 0.771. The molecular weight excluding hydrogens is 170 g/mol. The van der Waals surface area contributed by atoms with Crippen molar-refractivity contribution in [1.82, 2.24) is 4.98 Å². The van der Waals surface area contributed by atoms with E-state index in [2.05, 4.69) is 4.98 Å². The van der Waals surface area contributed by atoms with E-state index in [0.717, 1.165) is 16.1 Å². The number of pyridine rings is 1. The largest absolute Gasteiger partial charge is 0.261 e. The van der Waals surface area contributed by atoms with Gasteiger partial charge in [-0.25, -0.2) is 0 Å². The predicted octanol–water partition coefficient (Wildman–Crippen LogP) is 3.20. The summed E-state index contributed by atoms with van der Waals surface area (Å²) >= 11 is 5.85. The normalized spacial score (nSPS) is 10.5. The third-order valence-corrected chi connectivity index (χ3v) is 2.16. The molecule has 60 valence electrons. The fourth-order valence-electron chi connectivity index (χ4n) is 1.30. The molecule has 0 atom stereocenters. The lowest BCUT2D eigenvalue weighted by atomic mass is 10.1. The van der Waals surface area contributed by atoms with Crippen molar-refractivity contribution in [2.45, 2.75) is 6.92 Å². The zero-order valence-corrected chi connectivity index (χ0v) is 7.47. The van der Waals surface area contributed by atoms with Crippen LogP contribution in [0.4, 0.5) is 0 Å². The van der Waals surface area contributed by atoms with Crippen LogP contribution in [-0.2, 0) is 0 Å². The Morgan fingerprint density at radius 2 is 2.08 bits per heavy atom. The van der Waals surface area contributed by atoms with Crippen LogP contribution in [0.3, 0.4) is 0 Å². The smallest absolute Gasteiger partial charge is 0.0450 e. The highest BCUT2D eigenvalue weighted by Crippen LogP contribution is 2.20. The molecule has 1 nitrogen and oxygen atoms in total. The van der Waals surface area contributed by atoms with Crippen LogP contribution < -0.4 is 0 Å². The minimum atomic E-state index is 0.771. The van der Waals surface area contributed by atoms with E-state index in [4.69, 9.17) is 11.6 Å². The molecule has 0 N–H and O–H groups in total. The van der Waals surface area contributed by atoms with Crippen LogP contribution in [-0.4, -0.2) is 4.98 Å². The lowest BCUT2D eigenvalue weighted by Gasteiger charge is -1.99. The summed E-state index contributed by atoms with van der Waals surface area (Å²) in [5.74, 6) is 0. The van der Waals surface area contributed by atoms with Crippen molar-refractivity contribution >= 4 is 22.4 Å². The maximum atomic E-state index is 5.85. The molecule has 0 saturated heterocycles. The molecule has 0 aliphatic rings. The quantitative estimate of drug-likeness (QED) is 0.602. The van der Waals surface area contributed by atoms with Gasteiger partial charge in [-0.3, -0.25) is 4.98 Å². The predicted molar refractivity (Wildman–Crippen MR) is 51.5 cm³/mol. The number of aromatic nitrogens is 1. The number of aryl methyl sites for hydroxylation is 1. The first-order chi connectivity index (χ1) is 5.77. The summed E-state index contributed by atoms with van der Waals surface area (Å²) in [6.45, 7) is 2.00. The summed E-state index contributed by atoms with van der Waals surface area (Å²) in [5.41, 5.74) is 1.05. The average molecular weight is 178 g/mol. The monoisotopic (exact) mass is 177 g/mol. The highest BCUT2D eigenvalue weighted by atomic mass is 35.5. The second kappa shape index (κ2) is 2.76. The molecule has 2 rings (SSSR count). The van der Waals surface area contributed by atoms with Gasteiger partial charge in [0.05, 0.1) is 0 Å². The molecule has 0 aliphatic carbocycles. The topological polar surface area (TPSA) is 12.9 Å². The van der Waals surface area contributed by atoms with Gasteiger partial charge < -0.3 is 0 Å². The van der Waals surface area contributed by atoms with E-state index in [9.17, 15) is 0 Å². The third-order valence-electron chi connectivity index (χ3n) is 1.93. The molecule has 0 aliphatic heterocycles. The van der Waals surface area contributed by atoms with Crippen molar-refractivity contribution in [2.75, 3.05) is 0 Å². The Balaban J connectivity index is 2.86. The van der Waals surface area contributed by atoms with E-state index in [1.165, 1.54) is 5.39 Å². The van der Waals surface area contributed by atoms with Crippen molar-refractivity contribution in [3.63, 3.8) is 0 Å². The Morgan fingerprint density at radius 3 is 2.92 bits per heavy atom. The van der Waals surface area contributed by atoms with Crippen LogP contribution in [0.5, 0.6) is 0 Å². The fourth-order valence-corrected chi connectivity index (χ4v) is 1.48. The van der Waals surface area contributed by atoms with E-state index in [-0.39, 0.29) is 0 Å². The lowest BCUT2D eigenvalue weighted by Crippen LogP contribution is -1.81. The summed E-state index contributed by atoms with van der Waals surface area (Å²) in [6, 6.07) is 7.80. The molecule has 2 heteroatoms. The standard InChI is InChI=1S/C10H8ClN/c1-7-10-3-2-9(11)6-8(10)4-5-12-7/h2-6H,1H3. The van der Waals surface area contributed by atoms with Crippen molar-refractivity contribution < 1.29 is 0 Å². The molecule has 1 aromatic heterocycles. The number of hydrogen-bond donors (Lipinski definition) is 0. The number of rotatable bonds is 0. The van der Waals surface area contributed by atoms with Gasteiger partial charge in [-0.15, -0.1) is 0 Å². The first kappa shape index (κ1) is 7.56. The van der Waals surface area contributed by atoms with Crippen LogP contribution in [0.2, 0.25) is 5.02 Å². The maximum absolute atomic E-state index is 5.85. The summed E-state index contributed by atoms with van der Waals surface area (Å²) in [5, 5.41) is 3.09. The molecule has 0 bridgehead atoms. The van der Waals surface area contributed by atoms with E-state index < -0.39 is 0 Å². The van der Waals surface area contributed by atoms with E-state index in [1.807, 2.05) is 31.2 Å². The molecule has 12 heavy (non-hydrogen) atoms. The van der Waals surface area contributed by atoms with Gasteiger partial charge in [-0.2, -0.15) is 0 Å². The summed E-state index contributed by atoms with van der Waals surface area (Å²) in [7, 11) is 0. The Kier molecular flexibility index (Phi) is 1.74. The van der Waals surface area contributed by atoms with Crippen molar-refractivity contribution in [1.29, 1.82) is 0 Å². The van der Waals surface area contributed by atoms with E-state index in [0.29, 0.717) is 0 Å². The zero-order valence-electron chi connectivity index (χ0n) is 6.71. The van der Waals surface area contributed by atoms with Gasteiger partial charge in [-0.05, 0) is 30.5 Å². The zero-order chi connectivity index (χ0) is 8.55. The maximum Gasteiger partial charge on any atom is 0.0450 e. The average Bonchev–Trinajstić information content (AvgIpc) is 2.04. The number of nitrogens with zero attached hydrogens (tertiary/aromatic N) is 1. The van der Waals surface area contributed by atoms with Gasteiger partial charge in [0.1, 0.15) is 0 Å². The van der Waals surface area contributed by atoms with E-state index in [1.54, 1.807) is 6.20 Å². The van der Waals surface area contributed by atoms with Crippen LogP contribution in [0.1, 0.15) is 5.69 Å². The Morgan fingerprint density at radius 1 is 1.25 bits per heavy atom. The van der Waals surface area contributed by atoms with Gasteiger partial charge in [0.15, 0.2) is 0 Å². The molecule has 0 fully saturated rings. The van der Waals surface area contributed by atoms with Gasteiger partial charge in [0.2, 0.25) is 0 Å². The first-order valence-corrected chi connectivity index (χ1v) is 4.16. The Hall–Kier alpha value is -1.08. The third kappa shape index (κ3) is 1.16. The summed E-state index contributed by atoms with van der Waals surface area (Å²) < 4.78 is 0. The molecule has 1 aromatic carbocycles. The summed E-state index contributed by atoms with van der Waals surface area (Å²) in [6.07, 6.45) is 1.80. The Labute approximate surface area is 76.0 Å². The number of benzene rings is 1. The highest BCUT2D eigenvalue weighted by molar-refractivity contribution is 6.31. The van der Waals surface area contributed by atoms with Gasteiger partial charge in [0.25, 0.3) is 0 Å². The molecule has 1 heterocycles. The van der Waals surface area contributed by atoms with Crippen LogP contribution in [0.15, 0.2) is 30.5 Å². The fraction of sp³-hybridized carbons (Fsp3) is 0.100. The second-order valence-electron chi connectivity index (χ2n) is 2.76. The van der Waals surface area contributed by atoms with Crippen LogP contribution >= 0.6 is 11.6 Å². The first-order valence-electron chi connectivity index (χ1n) is 3.78. The highest BCUT2D eigenvalue weighted by Gasteiger charge is 1.96.